The van der Waals surface area contributed by atoms with E-state index in [4.69, 9.17) is 17.3 Å². The van der Waals surface area contributed by atoms with E-state index in [1.807, 2.05) is 6.07 Å². The molecule has 2 aromatic carbocycles. The first-order valence-corrected chi connectivity index (χ1v) is 10.1. The van der Waals surface area contributed by atoms with Crippen LogP contribution in [-0.4, -0.2) is 27.4 Å². The van der Waals surface area contributed by atoms with Crippen molar-refractivity contribution < 1.29 is 9.18 Å². The molecule has 4 aromatic rings. The van der Waals surface area contributed by atoms with Crippen molar-refractivity contribution in [1.82, 2.24) is 20.3 Å². The number of rotatable bonds is 6. The van der Waals surface area contributed by atoms with Crippen LogP contribution in [-0.2, 0) is 6.42 Å². The Morgan fingerprint density at radius 2 is 1.84 bits per heavy atom. The summed E-state index contributed by atoms with van der Waals surface area (Å²) in [5.41, 5.74) is 9.31. The van der Waals surface area contributed by atoms with Crippen LogP contribution >= 0.6 is 11.6 Å². The van der Waals surface area contributed by atoms with Gasteiger partial charge in [-0.25, -0.2) is 19.3 Å². The molecule has 0 aliphatic heterocycles. The minimum atomic E-state index is -0.347. The lowest BCUT2D eigenvalue weighted by Gasteiger charge is -2.08. The molecule has 4 rings (SSSR count). The summed E-state index contributed by atoms with van der Waals surface area (Å²) in [6.07, 6.45) is 3.30. The topological polar surface area (TPSA) is 93.8 Å². The van der Waals surface area contributed by atoms with Gasteiger partial charge in [0, 0.05) is 23.9 Å². The Morgan fingerprint density at radius 1 is 1.03 bits per heavy atom. The fourth-order valence-electron chi connectivity index (χ4n) is 3.15. The van der Waals surface area contributed by atoms with Gasteiger partial charge < -0.3 is 11.1 Å². The van der Waals surface area contributed by atoms with Gasteiger partial charge in [0.25, 0.3) is 5.91 Å². The number of fused-ring (bicyclic) bond motifs is 1. The summed E-state index contributed by atoms with van der Waals surface area (Å²) in [5.74, 6) is -0.0574. The summed E-state index contributed by atoms with van der Waals surface area (Å²) in [4.78, 5) is 25.5. The van der Waals surface area contributed by atoms with Gasteiger partial charge in [-0.15, -0.1) is 0 Å². The van der Waals surface area contributed by atoms with Gasteiger partial charge in [-0.05, 0) is 66.9 Å². The molecule has 2 heterocycles. The zero-order valence-corrected chi connectivity index (χ0v) is 17.2. The maximum atomic E-state index is 13.2. The fraction of sp³-hybridized carbons (Fsp3) is 0.130. The summed E-state index contributed by atoms with van der Waals surface area (Å²) in [5, 5.41) is 3.13. The maximum absolute atomic E-state index is 13.2. The summed E-state index contributed by atoms with van der Waals surface area (Å²) >= 11 is 6.27. The average molecular weight is 436 g/mol. The summed E-state index contributed by atoms with van der Waals surface area (Å²) in [6.45, 7) is 0.522. The lowest BCUT2D eigenvalue weighted by atomic mass is 10.1. The largest absolute Gasteiger partial charge is 0.384 e. The molecule has 0 aliphatic rings. The second-order valence-electron chi connectivity index (χ2n) is 7.02. The molecular formula is C23H19ClFN5O. The van der Waals surface area contributed by atoms with Gasteiger partial charge in [0.05, 0.1) is 11.0 Å². The summed E-state index contributed by atoms with van der Waals surface area (Å²) < 4.78 is 13.2. The average Bonchev–Trinajstić information content (AvgIpc) is 2.77. The van der Waals surface area contributed by atoms with Crippen molar-refractivity contribution in [3.8, 4) is 11.3 Å². The number of hydrogen-bond donors (Lipinski definition) is 2. The lowest BCUT2D eigenvalue weighted by Crippen LogP contribution is -2.24. The smallest absolute Gasteiger partial charge is 0.251 e. The Morgan fingerprint density at radius 3 is 2.58 bits per heavy atom. The van der Waals surface area contributed by atoms with E-state index in [2.05, 4.69) is 20.3 Å². The molecule has 6 nitrogen and oxygen atoms in total. The van der Waals surface area contributed by atoms with Crippen molar-refractivity contribution in [1.29, 1.82) is 0 Å². The number of nitrogens with two attached hydrogens (primary N) is 1. The molecule has 3 N–H and O–H groups in total. The lowest BCUT2D eigenvalue weighted by molar-refractivity contribution is 0.0953. The third kappa shape index (κ3) is 4.95. The van der Waals surface area contributed by atoms with Crippen LogP contribution in [0, 0.1) is 5.82 Å². The summed E-state index contributed by atoms with van der Waals surface area (Å²) in [6, 6.07) is 14.6. The van der Waals surface area contributed by atoms with Gasteiger partial charge in [0.15, 0.2) is 5.15 Å². The number of nitrogen functional groups attached to an aromatic ring is 1. The van der Waals surface area contributed by atoms with E-state index in [0.717, 1.165) is 18.4 Å². The number of nitrogens with zero attached hydrogens (tertiary/aromatic N) is 3. The standard InChI is InChI=1S/C23H19ClFN5O/c24-22-21(15-4-7-17(25)8-5-15)29-19-12-16(6-9-18(19)30-22)23(31)27-11-1-2-14-3-10-20(26)28-13-14/h3-10,12-13H,1-2,11H2,(H2,26,28)(H,27,31). The molecule has 0 aliphatic carbocycles. The van der Waals surface area contributed by atoms with Gasteiger partial charge in [0.1, 0.15) is 17.3 Å². The highest BCUT2D eigenvalue weighted by atomic mass is 35.5. The molecule has 0 fully saturated rings. The Balaban J connectivity index is 1.46. The Kier molecular flexibility index (Phi) is 6.04. The number of carbonyl (C=O) groups is 1. The Bertz CT molecular complexity index is 1230. The highest BCUT2D eigenvalue weighted by Gasteiger charge is 2.12. The molecule has 0 radical (unpaired) electrons. The minimum Gasteiger partial charge on any atom is -0.384 e. The van der Waals surface area contributed by atoms with E-state index in [9.17, 15) is 9.18 Å². The second kappa shape index (κ2) is 9.06. The number of amides is 1. The quantitative estimate of drug-likeness (QED) is 0.437. The van der Waals surface area contributed by atoms with E-state index in [0.29, 0.717) is 40.2 Å². The zero-order chi connectivity index (χ0) is 21.8. The number of aromatic nitrogens is 3. The molecule has 0 saturated carbocycles. The number of anilines is 1. The molecular weight excluding hydrogens is 417 g/mol. The van der Waals surface area contributed by atoms with Gasteiger partial charge in [-0.2, -0.15) is 0 Å². The molecule has 0 bridgehead atoms. The minimum absolute atomic E-state index is 0.197. The van der Waals surface area contributed by atoms with Crippen LogP contribution in [0.2, 0.25) is 5.15 Å². The van der Waals surface area contributed by atoms with Crippen LogP contribution < -0.4 is 11.1 Å². The van der Waals surface area contributed by atoms with Crippen LogP contribution in [0.4, 0.5) is 10.2 Å². The van der Waals surface area contributed by atoms with Gasteiger partial charge >= 0.3 is 0 Å². The molecule has 0 atom stereocenters. The first-order valence-electron chi connectivity index (χ1n) is 9.71. The third-order valence-corrected chi connectivity index (χ3v) is 5.04. The van der Waals surface area contributed by atoms with E-state index >= 15 is 0 Å². The van der Waals surface area contributed by atoms with Gasteiger partial charge in [-0.1, -0.05) is 17.7 Å². The molecule has 2 aromatic heterocycles. The molecule has 1 amide bonds. The second-order valence-corrected chi connectivity index (χ2v) is 7.38. The number of nitrogens with one attached hydrogen (secondary N) is 1. The molecule has 0 saturated heterocycles. The van der Waals surface area contributed by atoms with E-state index in [-0.39, 0.29) is 16.9 Å². The highest BCUT2D eigenvalue weighted by Crippen LogP contribution is 2.27. The number of carbonyl (C=O) groups excluding carboxylic acids is 1. The number of benzene rings is 2. The van der Waals surface area contributed by atoms with E-state index in [1.54, 1.807) is 42.6 Å². The third-order valence-electron chi connectivity index (χ3n) is 4.78. The maximum Gasteiger partial charge on any atom is 0.251 e. The molecule has 156 valence electrons. The SMILES string of the molecule is Nc1ccc(CCCNC(=O)c2ccc3nc(Cl)c(-c4ccc(F)cc4)nc3c2)cn1. The van der Waals surface area contributed by atoms with Crippen molar-refractivity contribution >= 4 is 34.4 Å². The van der Waals surface area contributed by atoms with Crippen molar-refractivity contribution in [3.63, 3.8) is 0 Å². The molecule has 0 unspecified atom stereocenters. The van der Waals surface area contributed by atoms with Crippen molar-refractivity contribution in [2.75, 3.05) is 12.3 Å². The van der Waals surface area contributed by atoms with E-state index < -0.39 is 0 Å². The van der Waals surface area contributed by atoms with Crippen LogP contribution in [0.15, 0.2) is 60.8 Å². The number of hydrogen-bond acceptors (Lipinski definition) is 5. The monoisotopic (exact) mass is 435 g/mol. The van der Waals surface area contributed by atoms with Crippen LogP contribution in [0.3, 0.4) is 0 Å². The number of pyridine rings is 1. The van der Waals surface area contributed by atoms with Gasteiger partial charge in [-0.3, -0.25) is 4.79 Å². The van der Waals surface area contributed by atoms with Crippen molar-refractivity contribution in [2.45, 2.75) is 12.8 Å². The normalized spacial score (nSPS) is 10.9. The first kappa shape index (κ1) is 20.7. The first-order chi connectivity index (χ1) is 15.0. The molecule has 31 heavy (non-hydrogen) atoms. The number of aryl methyl sites for hydroxylation is 1. The fourth-order valence-corrected chi connectivity index (χ4v) is 3.39. The highest BCUT2D eigenvalue weighted by molar-refractivity contribution is 6.32. The predicted octanol–water partition coefficient (Wildman–Crippen LogP) is 4.43. The Hall–Kier alpha value is -3.58. The van der Waals surface area contributed by atoms with Gasteiger partial charge in [0.2, 0.25) is 0 Å². The van der Waals surface area contributed by atoms with Crippen LogP contribution in [0.5, 0.6) is 0 Å². The molecule has 0 spiro atoms. The predicted molar refractivity (Wildman–Crippen MR) is 119 cm³/mol. The van der Waals surface area contributed by atoms with E-state index in [1.165, 1.54) is 12.1 Å². The van der Waals surface area contributed by atoms with Crippen molar-refractivity contribution in [2.24, 2.45) is 0 Å². The Labute approximate surface area is 183 Å². The number of halogens is 2. The molecule has 8 heteroatoms. The van der Waals surface area contributed by atoms with Crippen LogP contribution in [0.1, 0.15) is 22.3 Å². The zero-order valence-electron chi connectivity index (χ0n) is 16.5. The van der Waals surface area contributed by atoms with Crippen molar-refractivity contribution in [3.05, 3.63) is 82.9 Å². The van der Waals surface area contributed by atoms with Crippen LogP contribution in [0.25, 0.3) is 22.3 Å². The summed E-state index contributed by atoms with van der Waals surface area (Å²) in [7, 11) is 0.